The number of rotatable bonds is 8. The first-order valence-corrected chi connectivity index (χ1v) is 12.5. The minimum atomic E-state index is -0.211. The lowest BCUT2D eigenvalue weighted by atomic mass is 10.1. The lowest BCUT2D eigenvalue weighted by Gasteiger charge is -2.28. The summed E-state index contributed by atoms with van der Waals surface area (Å²) in [5.74, 6) is 3.09. The smallest absolute Gasteiger partial charge is 0.236 e. The van der Waals surface area contributed by atoms with E-state index in [1.807, 2.05) is 54.4 Å². The molecule has 0 N–H and O–H groups in total. The number of benzene rings is 2. The van der Waals surface area contributed by atoms with Gasteiger partial charge in [-0.2, -0.15) is 0 Å². The van der Waals surface area contributed by atoms with Crippen molar-refractivity contribution in [2.75, 3.05) is 53.4 Å². The molecule has 6 nitrogen and oxygen atoms in total. The highest BCUT2D eigenvalue weighted by Crippen LogP contribution is 2.34. The molecular weight excluding hydrogens is 426 g/mol. The van der Waals surface area contributed by atoms with Crippen molar-refractivity contribution in [3.05, 3.63) is 59.7 Å². The SMILES string of the molecule is COc1ccccc1[C@@H]1CN(CC(=O)N(C)C[C@H]2CCN(CC(C)C)C2)Cc2ccccc2O1. The lowest BCUT2D eigenvalue weighted by molar-refractivity contribution is -0.132. The summed E-state index contributed by atoms with van der Waals surface area (Å²) in [7, 11) is 3.64. The fourth-order valence-corrected chi connectivity index (χ4v) is 5.24. The van der Waals surface area contributed by atoms with Crippen LogP contribution in [0, 0.1) is 11.8 Å². The van der Waals surface area contributed by atoms with Crippen molar-refractivity contribution in [3.8, 4) is 11.5 Å². The van der Waals surface area contributed by atoms with Crippen molar-refractivity contribution < 1.29 is 14.3 Å². The quantitative estimate of drug-likeness (QED) is 0.588. The van der Waals surface area contributed by atoms with Crippen LogP contribution in [0.15, 0.2) is 48.5 Å². The van der Waals surface area contributed by atoms with Crippen LogP contribution in [0.25, 0.3) is 0 Å². The zero-order valence-electron chi connectivity index (χ0n) is 21.1. The molecule has 0 saturated carbocycles. The van der Waals surface area contributed by atoms with Crippen LogP contribution in [0.2, 0.25) is 0 Å². The van der Waals surface area contributed by atoms with Gasteiger partial charge in [0.05, 0.1) is 13.7 Å². The molecular formula is C28H39N3O3. The fraction of sp³-hybridized carbons (Fsp3) is 0.536. The second kappa shape index (κ2) is 11.2. The van der Waals surface area contributed by atoms with Crippen LogP contribution in [0.3, 0.4) is 0 Å². The molecule has 0 radical (unpaired) electrons. The molecule has 0 aromatic heterocycles. The molecule has 2 atom stereocenters. The van der Waals surface area contributed by atoms with E-state index in [0.717, 1.165) is 48.8 Å². The van der Waals surface area contributed by atoms with Gasteiger partial charge in [-0.1, -0.05) is 50.2 Å². The molecule has 0 bridgehead atoms. The van der Waals surface area contributed by atoms with Crippen LogP contribution < -0.4 is 9.47 Å². The van der Waals surface area contributed by atoms with Crippen molar-refractivity contribution in [3.63, 3.8) is 0 Å². The van der Waals surface area contributed by atoms with E-state index in [1.165, 1.54) is 6.42 Å². The number of fused-ring (bicyclic) bond motifs is 1. The number of methoxy groups -OCH3 is 1. The maximum atomic E-state index is 13.3. The first kappa shape index (κ1) is 24.6. The fourth-order valence-electron chi connectivity index (χ4n) is 5.24. The van der Waals surface area contributed by atoms with Gasteiger partial charge in [-0.15, -0.1) is 0 Å². The van der Waals surface area contributed by atoms with Crippen molar-refractivity contribution in [1.29, 1.82) is 0 Å². The maximum Gasteiger partial charge on any atom is 0.236 e. The molecule has 2 heterocycles. The molecule has 2 aliphatic rings. The highest BCUT2D eigenvalue weighted by atomic mass is 16.5. The first-order chi connectivity index (χ1) is 16.4. The number of nitrogens with zero attached hydrogens (tertiary/aromatic N) is 3. The molecule has 2 aromatic rings. The number of hydrogen-bond acceptors (Lipinski definition) is 5. The predicted molar refractivity (Wildman–Crippen MR) is 135 cm³/mol. The maximum absolute atomic E-state index is 13.3. The summed E-state index contributed by atoms with van der Waals surface area (Å²) >= 11 is 0. The largest absolute Gasteiger partial charge is 0.496 e. The molecule has 6 heteroatoms. The number of amides is 1. The number of likely N-dealkylation sites (tertiary alicyclic amines) is 1. The van der Waals surface area contributed by atoms with Crippen LogP contribution in [0.5, 0.6) is 11.5 Å². The summed E-state index contributed by atoms with van der Waals surface area (Å²) in [5, 5.41) is 0. The minimum Gasteiger partial charge on any atom is -0.496 e. The Morgan fingerprint density at radius 1 is 1.12 bits per heavy atom. The lowest BCUT2D eigenvalue weighted by Crippen LogP contribution is -2.41. The Morgan fingerprint density at radius 2 is 1.88 bits per heavy atom. The van der Waals surface area contributed by atoms with Gasteiger partial charge in [0.1, 0.15) is 17.6 Å². The molecule has 1 fully saturated rings. The first-order valence-electron chi connectivity index (χ1n) is 12.5. The van der Waals surface area contributed by atoms with Crippen molar-refractivity contribution in [2.24, 2.45) is 11.8 Å². The molecule has 0 spiro atoms. The van der Waals surface area contributed by atoms with Crippen LogP contribution in [-0.4, -0.2) is 74.0 Å². The summed E-state index contributed by atoms with van der Waals surface area (Å²) < 4.78 is 12.1. The van der Waals surface area contributed by atoms with E-state index in [2.05, 4.69) is 29.7 Å². The van der Waals surface area contributed by atoms with Gasteiger partial charge in [0.25, 0.3) is 0 Å². The molecule has 34 heavy (non-hydrogen) atoms. The third-order valence-corrected chi connectivity index (χ3v) is 6.86. The predicted octanol–water partition coefficient (Wildman–Crippen LogP) is 4.07. The Balaban J connectivity index is 1.43. The Labute approximate surface area is 204 Å². The Hall–Kier alpha value is -2.57. The van der Waals surface area contributed by atoms with Gasteiger partial charge < -0.3 is 19.3 Å². The topological polar surface area (TPSA) is 45.2 Å². The standard InChI is InChI=1S/C28H39N3O3/c1-21(2)15-30-14-13-22(17-30)16-29(3)28(32)20-31-18-23-9-5-7-11-25(23)34-27(19-31)24-10-6-8-12-26(24)33-4/h5-12,21-22,27H,13-20H2,1-4H3/t22-,27+/m1/s1. The Morgan fingerprint density at radius 3 is 2.68 bits per heavy atom. The van der Waals surface area contributed by atoms with Gasteiger partial charge in [0.15, 0.2) is 0 Å². The molecule has 4 rings (SSSR count). The van der Waals surface area contributed by atoms with E-state index >= 15 is 0 Å². The number of hydrogen-bond donors (Lipinski definition) is 0. The summed E-state index contributed by atoms with van der Waals surface area (Å²) in [6, 6.07) is 16.1. The minimum absolute atomic E-state index is 0.167. The van der Waals surface area contributed by atoms with Crippen molar-refractivity contribution in [2.45, 2.75) is 32.9 Å². The van der Waals surface area contributed by atoms with Crippen LogP contribution in [0.4, 0.5) is 0 Å². The van der Waals surface area contributed by atoms with Gasteiger partial charge in [0.2, 0.25) is 5.91 Å². The third kappa shape index (κ3) is 6.10. The van der Waals surface area contributed by atoms with Gasteiger partial charge in [0, 0.05) is 50.9 Å². The highest BCUT2D eigenvalue weighted by molar-refractivity contribution is 5.78. The molecule has 1 amide bonds. The van der Waals surface area contributed by atoms with Crippen molar-refractivity contribution >= 4 is 5.91 Å². The van der Waals surface area contributed by atoms with Crippen LogP contribution in [-0.2, 0) is 11.3 Å². The molecule has 2 aromatic carbocycles. The average molecular weight is 466 g/mol. The summed E-state index contributed by atoms with van der Waals surface area (Å²) in [5.41, 5.74) is 2.11. The molecule has 0 aliphatic carbocycles. The number of ether oxygens (including phenoxy) is 2. The second-order valence-corrected chi connectivity index (χ2v) is 10.2. The van der Waals surface area contributed by atoms with E-state index in [-0.39, 0.29) is 12.0 Å². The molecule has 184 valence electrons. The molecule has 2 aliphatic heterocycles. The van der Waals surface area contributed by atoms with Gasteiger partial charge in [-0.05, 0) is 36.9 Å². The Bertz CT molecular complexity index is 963. The van der Waals surface area contributed by atoms with E-state index in [4.69, 9.17) is 9.47 Å². The van der Waals surface area contributed by atoms with E-state index in [1.54, 1.807) is 7.11 Å². The van der Waals surface area contributed by atoms with Crippen LogP contribution >= 0.6 is 0 Å². The normalized spacial score (nSPS) is 21.1. The summed E-state index contributed by atoms with van der Waals surface area (Å²) in [6.07, 6.45) is 0.961. The number of likely N-dealkylation sites (N-methyl/N-ethyl adjacent to an activating group) is 1. The summed E-state index contributed by atoms with van der Waals surface area (Å²) in [6.45, 7) is 10.4. The van der Waals surface area contributed by atoms with Crippen LogP contribution in [0.1, 0.15) is 37.5 Å². The Kier molecular flexibility index (Phi) is 8.11. The van der Waals surface area contributed by atoms with E-state index < -0.39 is 0 Å². The van der Waals surface area contributed by atoms with Gasteiger partial charge in [-0.25, -0.2) is 0 Å². The molecule has 1 saturated heterocycles. The zero-order valence-corrected chi connectivity index (χ0v) is 21.1. The van der Waals surface area contributed by atoms with Gasteiger partial charge >= 0.3 is 0 Å². The monoisotopic (exact) mass is 465 g/mol. The second-order valence-electron chi connectivity index (χ2n) is 10.2. The third-order valence-electron chi connectivity index (χ3n) is 6.86. The molecule has 0 unspecified atom stereocenters. The zero-order chi connectivity index (χ0) is 24.1. The van der Waals surface area contributed by atoms with Crippen molar-refractivity contribution in [1.82, 2.24) is 14.7 Å². The highest BCUT2D eigenvalue weighted by Gasteiger charge is 2.29. The van der Waals surface area contributed by atoms with Gasteiger partial charge in [-0.3, -0.25) is 9.69 Å². The summed E-state index contributed by atoms with van der Waals surface area (Å²) in [4.78, 5) is 19.9. The number of para-hydroxylation sites is 2. The number of carbonyl (C=O) groups excluding carboxylic acids is 1. The average Bonchev–Trinajstić information content (AvgIpc) is 3.16. The number of carbonyl (C=O) groups is 1. The van der Waals surface area contributed by atoms with E-state index in [9.17, 15) is 4.79 Å². The van der Waals surface area contributed by atoms with E-state index in [0.29, 0.717) is 31.5 Å².